The van der Waals surface area contributed by atoms with E-state index in [0.717, 1.165) is 16.5 Å². The topological polar surface area (TPSA) is 44.8 Å². The maximum Gasteiger partial charge on any atom is 0.343 e. The fourth-order valence-corrected chi connectivity index (χ4v) is 3.33. The Hall–Kier alpha value is -3.53. The summed E-state index contributed by atoms with van der Waals surface area (Å²) in [7, 11) is 0. The highest BCUT2D eigenvalue weighted by atomic mass is 16.7. The van der Waals surface area contributed by atoms with Gasteiger partial charge in [-0.15, -0.1) is 0 Å². The van der Waals surface area contributed by atoms with Crippen molar-refractivity contribution in [1.82, 2.24) is 0 Å². The van der Waals surface area contributed by atoms with Crippen molar-refractivity contribution in [3.05, 3.63) is 82.9 Å². The number of hydrogen-bond acceptors (Lipinski definition) is 4. The summed E-state index contributed by atoms with van der Waals surface area (Å²) in [6, 6.07) is 17.9. The fraction of sp³-hybridized carbons (Fsp3) is 0.0870. The molecule has 0 radical (unpaired) electrons. The van der Waals surface area contributed by atoms with Crippen LogP contribution in [0.2, 0.25) is 0 Å². The number of rotatable bonds is 2. The summed E-state index contributed by atoms with van der Waals surface area (Å²) in [4.78, 5) is 12.3. The van der Waals surface area contributed by atoms with Gasteiger partial charge in [0.15, 0.2) is 11.5 Å². The molecule has 0 N–H and O–H groups in total. The van der Waals surface area contributed by atoms with Crippen LogP contribution in [-0.2, 0) is 9.53 Å². The van der Waals surface area contributed by atoms with Gasteiger partial charge in [-0.2, -0.15) is 0 Å². The molecule has 0 fully saturated rings. The monoisotopic (exact) mass is 356 g/mol. The Kier molecular flexibility index (Phi) is 3.50. The maximum atomic E-state index is 12.3. The third-order valence-electron chi connectivity index (χ3n) is 4.72. The van der Waals surface area contributed by atoms with Crippen LogP contribution in [0.3, 0.4) is 0 Å². The van der Waals surface area contributed by atoms with Crippen LogP contribution in [0.1, 0.15) is 16.7 Å². The van der Waals surface area contributed by atoms with Gasteiger partial charge in [0.2, 0.25) is 6.79 Å². The van der Waals surface area contributed by atoms with Crippen LogP contribution >= 0.6 is 0 Å². The van der Waals surface area contributed by atoms with E-state index in [1.54, 1.807) is 12.2 Å². The van der Waals surface area contributed by atoms with Crippen LogP contribution in [0, 0.1) is 6.92 Å². The second-order valence-electron chi connectivity index (χ2n) is 6.68. The predicted molar refractivity (Wildman–Crippen MR) is 103 cm³/mol. The molecule has 132 valence electrons. The van der Waals surface area contributed by atoms with Gasteiger partial charge < -0.3 is 14.2 Å². The number of aryl methyl sites for hydroxylation is 1. The summed E-state index contributed by atoms with van der Waals surface area (Å²) in [5, 5.41) is 2.28. The lowest BCUT2D eigenvalue weighted by Crippen LogP contribution is -1.97. The van der Waals surface area contributed by atoms with Crippen LogP contribution in [0.5, 0.6) is 11.5 Å². The fourth-order valence-electron chi connectivity index (χ4n) is 3.33. The Bertz CT molecular complexity index is 1150. The highest BCUT2D eigenvalue weighted by molar-refractivity contribution is 6.05. The van der Waals surface area contributed by atoms with E-state index in [-0.39, 0.29) is 12.8 Å². The number of ether oxygens (including phenoxy) is 3. The van der Waals surface area contributed by atoms with Gasteiger partial charge in [-0.3, -0.25) is 0 Å². The molecule has 4 heteroatoms. The minimum atomic E-state index is -0.355. The summed E-state index contributed by atoms with van der Waals surface area (Å²) < 4.78 is 16.2. The van der Waals surface area contributed by atoms with Crippen LogP contribution < -0.4 is 9.47 Å². The molecule has 0 bridgehead atoms. The standard InChI is InChI=1S/C23H16O4/c1-14-2-4-17-11-18(6-5-16(17)8-14)21-12-19(23(24)27-21)9-15-3-7-20-22(10-15)26-13-25-20/h2-12H,13H2,1H3/b19-9+. The first-order chi connectivity index (χ1) is 13.2. The molecule has 2 aliphatic heterocycles. The lowest BCUT2D eigenvalue weighted by atomic mass is 10.0. The van der Waals surface area contributed by atoms with E-state index in [4.69, 9.17) is 14.2 Å². The summed E-state index contributed by atoms with van der Waals surface area (Å²) in [5.74, 6) is 1.61. The molecule has 3 aromatic rings. The van der Waals surface area contributed by atoms with E-state index in [0.29, 0.717) is 22.8 Å². The van der Waals surface area contributed by atoms with Gasteiger partial charge in [-0.1, -0.05) is 42.0 Å². The van der Waals surface area contributed by atoms with Crippen molar-refractivity contribution in [2.24, 2.45) is 0 Å². The number of fused-ring (bicyclic) bond motifs is 2. The molecule has 0 spiro atoms. The summed E-state index contributed by atoms with van der Waals surface area (Å²) in [6.45, 7) is 2.30. The molecule has 0 amide bonds. The summed E-state index contributed by atoms with van der Waals surface area (Å²) >= 11 is 0. The second kappa shape index (κ2) is 6.02. The predicted octanol–water partition coefficient (Wildman–Crippen LogP) is 4.86. The summed E-state index contributed by atoms with van der Waals surface area (Å²) in [5.41, 5.74) is 3.47. The van der Waals surface area contributed by atoms with Gasteiger partial charge in [0.05, 0.1) is 5.57 Å². The molecule has 2 aliphatic rings. The van der Waals surface area contributed by atoms with Crippen LogP contribution in [0.4, 0.5) is 0 Å². The molecule has 3 aromatic carbocycles. The number of hydrogen-bond donors (Lipinski definition) is 0. The summed E-state index contributed by atoms with van der Waals surface area (Å²) in [6.07, 6.45) is 3.57. The first-order valence-corrected chi connectivity index (χ1v) is 8.72. The zero-order chi connectivity index (χ0) is 18.4. The molecular formula is C23H16O4. The van der Waals surface area contributed by atoms with Gasteiger partial charge in [0, 0.05) is 5.56 Å². The molecule has 2 heterocycles. The molecule has 0 aromatic heterocycles. The quantitative estimate of drug-likeness (QED) is 0.486. The van der Waals surface area contributed by atoms with E-state index in [1.807, 2.05) is 36.4 Å². The molecule has 4 nitrogen and oxygen atoms in total. The van der Waals surface area contributed by atoms with Crippen molar-refractivity contribution in [3.63, 3.8) is 0 Å². The normalized spacial score (nSPS) is 16.7. The van der Waals surface area contributed by atoms with Crippen LogP contribution in [-0.4, -0.2) is 12.8 Å². The smallest absolute Gasteiger partial charge is 0.343 e. The first kappa shape index (κ1) is 15.7. The van der Waals surface area contributed by atoms with E-state index >= 15 is 0 Å². The zero-order valence-corrected chi connectivity index (χ0v) is 14.7. The average Bonchev–Trinajstić information content (AvgIpc) is 3.28. The van der Waals surface area contributed by atoms with E-state index in [9.17, 15) is 4.79 Å². The van der Waals surface area contributed by atoms with E-state index in [2.05, 4.69) is 25.1 Å². The van der Waals surface area contributed by atoms with Crippen molar-refractivity contribution in [2.45, 2.75) is 6.92 Å². The molecule has 5 rings (SSSR count). The Balaban J connectivity index is 1.49. The minimum Gasteiger partial charge on any atom is -0.454 e. The molecule has 0 unspecified atom stereocenters. The Labute approximate surface area is 156 Å². The SMILES string of the molecule is Cc1ccc2cc(C3=C/C(=C\c4ccc5c(c4)OCO5)C(=O)O3)ccc2c1. The number of cyclic esters (lactones) is 1. The Morgan fingerprint density at radius 2 is 1.70 bits per heavy atom. The van der Waals surface area contributed by atoms with Gasteiger partial charge in [-0.25, -0.2) is 4.79 Å². The van der Waals surface area contributed by atoms with Crippen molar-refractivity contribution < 1.29 is 19.0 Å². The maximum absolute atomic E-state index is 12.3. The van der Waals surface area contributed by atoms with E-state index in [1.165, 1.54) is 10.9 Å². The molecule has 0 saturated carbocycles. The Morgan fingerprint density at radius 3 is 2.63 bits per heavy atom. The minimum absolute atomic E-state index is 0.225. The lowest BCUT2D eigenvalue weighted by molar-refractivity contribution is -0.130. The first-order valence-electron chi connectivity index (χ1n) is 8.72. The molecule has 0 atom stereocenters. The zero-order valence-electron chi connectivity index (χ0n) is 14.7. The van der Waals surface area contributed by atoms with Crippen molar-refractivity contribution >= 4 is 28.6 Å². The molecule has 0 saturated heterocycles. The largest absolute Gasteiger partial charge is 0.454 e. The van der Waals surface area contributed by atoms with Gasteiger partial charge >= 0.3 is 5.97 Å². The third-order valence-corrected chi connectivity index (χ3v) is 4.72. The van der Waals surface area contributed by atoms with E-state index < -0.39 is 0 Å². The van der Waals surface area contributed by atoms with Crippen molar-refractivity contribution in [3.8, 4) is 11.5 Å². The number of esters is 1. The number of carbonyl (C=O) groups excluding carboxylic acids is 1. The Morgan fingerprint density at radius 1 is 0.889 bits per heavy atom. The van der Waals surface area contributed by atoms with Crippen molar-refractivity contribution in [1.29, 1.82) is 0 Å². The molecule has 0 aliphatic carbocycles. The second-order valence-corrected chi connectivity index (χ2v) is 6.68. The highest BCUT2D eigenvalue weighted by Gasteiger charge is 2.22. The molecule has 27 heavy (non-hydrogen) atoms. The van der Waals surface area contributed by atoms with Crippen LogP contribution in [0.25, 0.3) is 22.6 Å². The van der Waals surface area contributed by atoms with Gasteiger partial charge in [0.25, 0.3) is 0 Å². The van der Waals surface area contributed by atoms with Gasteiger partial charge in [-0.05, 0) is 53.6 Å². The lowest BCUT2D eigenvalue weighted by Gasteiger charge is -2.05. The van der Waals surface area contributed by atoms with Crippen LogP contribution in [0.15, 0.2) is 66.2 Å². The van der Waals surface area contributed by atoms with Gasteiger partial charge in [0.1, 0.15) is 5.76 Å². The number of benzene rings is 3. The van der Waals surface area contributed by atoms with Crippen molar-refractivity contribution in [2.75, 3.05) is 6.79 Å². The molecular weight excluding hydrogens is 340 g/mol. The average molecular weight is 356 g/mol. The highest BCUT2D eigenvalue weighted by Crippen LogP contribution is 2.34. The third kappa shape index (κ3) is 2.85. The number of carbonyl (C=O) groups is 1.